The minimum absolute atomic E-state index is 0.170. The first kappa shape index (κ1) is 13.6. The van der Waals surface area contributed by atoms with Crippen molar-refractivity contribution >= 4 is 11.4 Å². The van der Waals surface area contributed by atoms with E-state index in [0.29, 0.717) is 0 Å². The minimum atomic E-state index is -1.06. The predicted molar refractivity (Wildman–Crippen MR) is 83.9 cm³/mol. The molecule has 0 radical (unpaired) electrons. The molecule has 4 nitrogen and oxygen atoms in total. The number of para-hydroxylation sites is 2. The lowest BCUT2D eigenvalue weighted by Crippen LogP contribution is -2.41. The van der Waals surface area contributed by atoms with Crippen LogP contribution in [-0.2, 0) is 0 Å². The molecule has 2 aromatic rings. The summed E-state index contributed by atoms with van der Waals surface area (Å²) in [7, 11) is 2.01. The van der Waals surface area contributed by atoms with Gasteiger partial charge >= 0.3 is 0 Å². The van der Waals surface area contributed by atoms with Gasteiger partial charge in [0.25, 0.3) is 0 Å². The van der Waals surface area contributed by atoms with Crippen molar-refractivity contribution in [2.75, 3.05) is 11.9 Å². The first-order valence-electron chi connectivity index (χ1n) is 7.00. The zero-order chi connectivity index (χ0) is 15.2. The topological polar surface area (TPSA) is 46.4 Å². The van der Waals surface area contributed by atoms with Crippen molar-refractivity contribution in [3.8, 4) is 0 Å². The molecular weight excluding hydrogens is 264 g/mol. The van der Waals surface area contributed by atoms with Crippen LogP contribution in [0.25, 0.3) is 0 Å². The Morgan fingerprint density at radius 2 is 1.43 bits per heavy atom. The number of nitrogens with zero attached hydrogens (tertiary/aromatic N) is 2. The van der Waals surface area contributed by atoms with E-state index in [4.69, 9.17) is 0 Å². The quantitative estimate of drug-likeness (QED) is 0.619. The zero-order valence-corrected chi connectivity index (χ0v) is 12.4. The smallest absolute Gasteiger partial charge is 0.227 e. The Kier molecular flexibility index (Phi) is 2.97. The molecule has 0 bridgehead atoms. The van der Waals surface area contributed by atoms with Crippen molar-refractivity contribution in [1.29, 1.82) is 0 Å². The van der Waals surface area contributed by atoms with E-state index in [1.165, 1.54) is 0 Å². The average molecular weight is 282 g/mol. The van der Waals surface area contributed by atoms with Crippen molar-refractivity contribution in [2.24, 2.45) is 0 Å². The van der Waals surface area contributed by atoms with Gasteiger partial charge in [0, 0.05) is 37.2 Å². The van der Waals surface area contributed by atoms with Gasteiger partial charge in [0.15, 0.2) is 0 Å². The summed E-state index contributed by atoms with van der Waals surface area (Å²) in [5.41, 5.74) is 3.04. The standard InChI is InChI=1S/C17H18N2O2/c1-17(2,19(20)21)16-12-8-4-6-10-14(12)18(3)15-11-7-5-9-13(15)16/h4-11,16H,1-3H3. The highest BCUT2D eigenvalue weighted by Gasteiger charge is 2.46. The first-order valence-corrected chi connectivity index (χ1v) is 7.00. The molecule has 0 aliphatic carbocycles. The fourth-order valence-electron chi connectivity index (χ4n) is 3.24. The fourth-order valence-corrected chi connectivity index (χ4v) is 3.24. The van der Waals surface area contributed by atoms with Gasteiger partial charge < -0.3 is 4.90 Å². The number of fused-ring (bicyclic) bond motifs is 2. The third-order valence-electron chi connectivity index (χ3n) is 4.40. The lowest BCUT2D eigenvalue weighted by Gasteiger charge is -2.38. The highest BCUT2D eigenvalue weighted by atomic mass is 16.6. The Hall–Kier alpha value is -2.36. The van der Waals surface area contributed by atoms with Crippen LogP contribution >= 0.6 is 0 Å². The van der Waals surface area contributed by atoms with Crippen LogP contribution in [0.4, 0.5) is 11.4 Å². The minimum Gasteiger partial charge on any atom is -0.344 e. The number of benzene rings is 2. The van der Waals surface area contributed by atoms with Gasteiger partial charge in [-0.25, -0.2) is 0 Å². The highest BCUT2D eigenvalue weighted by Crippen LogP contribution is 2.49. The molecule has 0 N–H and O–H groups in total. The molecule has 108 valence electrons. The Bertz CT molecular complexity index is 662. The molecule has 1 heterocycles. The van der Waals surface area contributed by atoms with Gasteiger partial charge in [-0.05, 0) is 23.3 Å². The molecule has 0 saturated heterocycles. The van der Waals surface area contributed by atoms with E-state index in [-0.39, 0.29) is 10.8 Å². The van der Waals surface area contributed by atoms with Gasteiger partial charge in [0.1, 0.15) is 0 Å². The van der Waals surface area contributed by atoms with Crippen molar-refractivity contribution < 1.29 is 4.92 Å². The summed E-state index contributed by atoms with van der Waals surface area (Å²) in [5.74, 6) is -0.254. The maximum Gasteiger partial charge on any atom is 0.227 e. The fraction of sp³-hybridized carbons (Fsp3) is 0.294. The van der Waals surface area contributed by atoms with Crippen LogP contribution in [0.2, 0.25) is 0 Å². The molecule has 2 aromatic carbocycles. The van der Waals surface area contributed by atoms with Gasteiger partial charge in [-0.1, -0.05) is 36.4 Å². The lowest BCUT2D eigenvalue weighted by atomic mass is 9.74. The molecule has 4 heteroatoms. The Morgan fingerprint density at radius 3 is 1.86 bits per heavy atom. The Morgan fingerprint density at radius 1 is 1.00 bits per heavy atom. The SMILES string of the molecule is CN1c2ccccc2C(C(C)(C)[N+](=O)[O-])c2ccccc21. The van der Waals surface area contributed by atoms with Crippen LogP contribution in [0.5, 0.6) is 0 Å². The second-order valence-electron chi connectivity index (χ2n) is 6.02. The van der Waals surface area contributed by atoms with E-state index in [0.717, 1.165) is 22.5 Å². The average Bonchev–Trinajstić information content (AvgIpc) is 2.47. The molecule has 1 aliphatic rings. The summed E-state index contributed by atoms with van der Waals surface area (Å²) in [6.45, 7) is 3.41. The maximum atomic E-state index is 11.6. The van der Waals surface area contributed by atoms with Gasteiger partial charge in [0.05, 0.1) is 5.92 Å². The van der Waals surface area contributed by atoms with Crippen molar-refractivity contribution in [3.05, 3.63) is 69.8 Å². The molecule has 0 aromatic heterocycles. The van der Waals surface area contributed by atoms with E-state index in [2.05, 4.69) is 4.90 Å². The van der Waals surface area contributed by atoms with E-state index < -0.39 is 5.54 Å². The number of hydrogen-bond acceptors (Lipinski definition) is 3. The first-order chi connectivity index (χ1) is 9.94. The summed E-state index contributed by atoms with van der Waals surface area (Å²) in [5, 5.41) is 11.6. The predicted octanol–water partition coefficient (Wildman–Crippen LogP) is 3.96. The van der Waals surface area contributed by atoms with Gasteiger partial charge in [-0.3, -0.25) is 10.1 Å². The van der Waals surface area contributed by atoms with Crippen LogP contribution in [0.3, 0.4) is 0 Å². The molecule has 0 saturated carbocycles. The van der Waals surface area contributed by atoms with Crippen molar-refractivity contribution in [2.45, 2.75) is 25.3 Å². The van der Waals surface area contributed by atoms with Gasteiger partial charge in [-0.2, -0.15) is 0 Å². The molecule has 0 fully saturated rings. The summed E-state index contributed by atoms with van der Waals surface area (Å²) >= 11 is 0. The lowest BCUT2D eigenvalue weighted by molar-refractivity contribution is -0.563. The summed E-state index contributed by atoms with van der Waals surface area (Å²) in [6.07, 6.45) is 0. The second-order valence-corrected chi connectivity index (χ2v) is 6.02. The summed E-state index contributed by atoms with van der Waals surface area (Å²) in [4.78, 5) is 13.6. The Labute approximate surface area is 124 Å². The van der Waals surface area contributed by atoms with Crippen LogP contribution < -0.4 is 4.90 Å². The van der Waals surface area contributed by atoms with Gasteiger partial charge in [-0.15, -0.1) is 0 Å². The van der Waals surface area contributed by atoms with E-state index in [1.807, 2.05) is 55.6 Å². The molecule has 0 atom stereocenters. The van der Waals surface area contributed by atoms with Crippen LogP contribution in [0.1, 0.15) is 30.9 Å². The normalized spacial score (nSPS) is 14.5. The van der Waals surface area contributed by atoms with Crippen LogP contribution in [-0.4, -0.2) is 17.5 Å². The molecule has 0 unspecified atom stereocenters. The molecule has 0 amide bonds. The molecule has 3 rings (SSSR count). The second kappa shape index (κ2) is 4.58. The number of anilines is 2. The monoisotopic (exact) mass is 282 g/mol. The van der Waals surface area contributed by atoms with Crippen LogP contribution in [0, 0.1) is 10.1 Å². The van der Waals surface area contributed by atoms with E-state index >= 15 is 0 Å². The molecular formula is C17H18N2O2. The summed E-state index contributed by atoms with van der Waals surface area (Å²) < 4.78 is 0. The van der Waals surface area contributed by atoms with Crippen molar-refractivity contribution in [3.63, 3.8) is 0 Å². The van der Waals surface area contributed by atoms with Gasteiger partial charge in [0.2, 0.25) is 5.54 Å². The van der Waals surface area contributed by atoms with Crippen molar-refractivity contribution in [1.82, 2.24) is 0 Å². The molecule has 1 aliphatic heterocycles. The number of rotatable bonds is 2. The highest BCUT2D eigenvalue weighted by molar-refractivity contribution is 5.76. The number of hydrogen-bond donors (Lipinski definition) is 0. The Balaban J connectivity index is 2.30. The summed E-state index contributed by atoms with van der Waals surface area (Å²) in [6, 6.07) is 15.9. The largest absolute Gasteiger partial charge is 0.344 e. The van der Waals surface area contributed by atoms with Crippen LogP contribution in [0.15, 0.2) is 48.5 Å². The molecule has 21 heavy (non-hydrogen) atoms. The third-order valence-corrected chi connectivity index (χ3v) is 4.40. The van der Waals surface area contributed by atoms with E-state index in [1.54, 1.807) is 13.8 Å². The zero-order valence-electron chi connectivity index (χ0n) is 12.4. The third kappa shape index (κ3) is 1.90. The molecule has 0 spiro atoms. The van der Waals surface area contributed by atoms with E-state index in [9.17, 15) is 10.1 Å². The number of nitro groups is 1. The maximum absolute atomic E-state index is 11.6.